The van der Waals surface area contributed by atoms with Crippen molar-refractivity contribution in [3.8, 4) is 28.7 Å². The van der Waals surface area contributed by atoms with Crippen LogP contribution in [-0.2, 0) is 0 Å². The van der Waals surface area contributed by atoms with Gasteiger partial charge in [-0.2, -0.15) is 4.98 Å². The van der Waals surface area contributed by atoms with E-state index in [2.05, 4.69) is 20.1 Å². The second kappa shape index (κ2) is 6.55. The van der Waals surface area contributed by atoms with Gasteiger partial charge >= 0.3 is 0 Å². The molecule has 0 fully saturated rings. The Balaban J connectivity index is 1.67. The van der Waals surface area contributed by atoms with Crippen LogP contribution >= 0.6 is 0 Å². The highest BCUT2D eigenvalue weighted by molar-refractivity contribution is 5.82. The van der Waals surface area contributed by atoms with Gasteiger partial charge in [-0.25, -0.2) is 4.98 Å². The molecule has 6 heteroatoms. The Morgan fingerprint density at radius 1 is 1.00 bits per heavy atom. The van der Waals surface area contributed by atoms with Gasteiger partial charge in [0.25, 0.3) is 5.89 Å². The van der Waals surface area contributed by atoms with Gasteiger partial charge < -0.3 is 9.26 Å². The van der Waals surface area contributed by atoms with Crippen molar-refractivity contribution in [2.75, 3.05) is 0 Å². The molecule has 0 N–H and O–H groups in total. The molecule has 1 aromatic carbocycles. The molecule has 3 aromatic heterocycles. The van der Waals surface area contributed by atoms with E-state index in [1.165, 1.54) is 0 Å². The number of benzene rings is 1. The molecule has 0 radical (unpaired) electrons. The van der Waals surface area contributed by atoms with Crippen molar-refractivity contribution in [3.63, 3.8) is 0 Å². The van der Waals surface area contributed by atoms with E-state index in [1.807, 2.05) is 63.2 Å². The number of nitrogens with zero attached hydrogens (tertiary/aromatic N) is 4. The molecule has 0 aliphatic carbocycles. The van der Waals surface area contributed by atoms with E-state index in [1.54, 1.807) is 6.20 Å². The summed E-state index contributed by atoms with van der Waals surface area (Å²) in [6.07, 6.45) is 1.86. The number of hydrogen-bond acceptors (Lipinski definition) is 6. The van der Waals surface area contributed by atoms with Gasteiger partial charge in [-0.15, -0.1) is 0 Å². The Kier molecular flexibility index (Phi) is 4.08. The standard InChI is InChI=1S/C20H18N4O2/c1-12(2)25-16-5-7-17-14(11-16)4-6-18(22-17)19-23-20(26-24-19)15-8-9-21-13(3)10-15/h4-12H,1-3H3. The Morgan fingerprint density at radius 3 is 2.69 bits per heavy atom. The largest absolute Gasteiger partial charge is 0.491 e. The third-order valence-corrected chi connectivity index (χ3v) is 3.83. The average molecular weight is 346 g/mol. The third-order valence-electron chi connectivity index (χ3n) is 3.83. The van der Waals surface area contributed by atoms with Gasteiger partial charge in [-0.3, -0.25) is 4.98 Å². The zero-order chi connectivity index (χ0) is 18.1. The zero-order valence-electron chi connectivity index (χ0n) is 14.8. The minimum absolute atomic E-state index is 0.134. The maximum absolute atomic E-state index is 5.73. The van der Waals surface area contributed by atoms with Gasteiger partial charge in [-0.1, -0.05) is 11.2 Å². The fraction of sp³-hybridized carbons (Fsp3) is 0.200. The van der Waals surface area contributed by atoms with Crippen LogP contribution < -0.4 is 4.74 Å². The first-order valence-electron chi connectivity index (χ1n) is 8.43. The highest BCUT2D eigenvalue weighted by atomic mass is 16.5. The molecule has 0 unspecified atom stereocenters. The predicted molar refractivity (Wildman–Crippen MR) is 98.8 cm³/mol. The summed E-state index contributed by atoms with van der Waals surface area (Å²) < 4.78 is 11.1. The number of rotatable bonds is 4. The van der Waals surface area contributed by atoms with Crippen molar-refractivity contribution in [3.05, 3.63) is 54.4 Å². The summed E-state index contributed by atoms with van der Waals surface area (Å²) in [6, 6.07) is 13.4. The third kappa shape index (κ3) is 3.26. The highest BCUT2D eigenvalue weighted by Crippen LogP contribution is 2.25. The molecule has 4 aromatic rings. The van der Waals surface area contributed by atoms with Crippen LogP contribution in [0.1, 0.15) is 19.5 Å². The topological polar surface area (TPSA) is 73.9 Å². The van der Waals surface area contributed by atoms with Crippen LogP contribution in [0.5, 0.6) is 5.75 Å². The van der Waals surface area contributed by atoms with Gasteiger partial charge in [0.1, 0.15) is 11.4 Å². The van der Waals surface area contributed by atoms with Crippen molar-refractivity contribution in [1.82, 2.24) is 20.1 Å². The molecule has 0 spiro atoms. The SMILES string of the molecule is Cc1cc(-c2nc(-c3ccc4cc(OC(C)C)ccc4n3)no2)ccn1. The maximum Gasteiger partial charge on any atom is 0.258 e. The average Bonchev–Trinajstić information content (AvgIpc) is 3.11. The number of aryl methyl sites for hydroxylation is 1. The van der Waals surface area contributed by atoms with E-state index in [-0.39, 0.29) is 6.10 Å². The lowest BCUT2D eigenvalue weighted by Gasteiger charge is -2.10. The summed E-state index contributed by atoms with van der Waals surface area (Å²) in [5.74, 6) is 1.74. The maximum atomic E-state index is 5.73. The van der Waals surface area contributed by atoms with E-state index >= 15 is 0 Å². The predicted octanol–water partition coefficient (Wildman–Crippen LogP) is 4.44. The lowest BCUT2D eigenvalue weighted by molar-refractivity contribution is 0.243. The molecule has 0 bridgehead atoms. The van der Waals surface area contributed by atoms with E-state index < -0.39 is 0 Å². The van der Waals surface area contributed by atoms with Crippen LogP contribution in [0.25, 0.3) is 33.9 Å². The quantitative estimate of drug-likeness (QED) is 0.544. The van der Waals surface area contributed by atoms with Gasteiger partial charge in [0.2, 0.25) is 5.82 Å². The monoisotopic (exact) mass is 346 g/mol. The van der Waals surface area contributed by atoms with Crippen molar-refractivity contribution >= 4 is 10.9 Å². The zero-order valence-corrected chi connectivity index (χ0v) is 14.8. The first-order chi connectivity index (χ1) is 12.6. The van der Waals surface area contributed by atoms with E-state index in [4.69, 9.17) is 9.26 Å². The van der Waals surface area contributed by atoms with Gasteiger partial charge in [-0.05, 0) is 57.2 Å². The van der Waals surface area contributed by atoms with Crippen molar-refractivity contribution < 1.29 is 9.26 Å². The molecule has 0 saturated carbocycles. The number of ether oxygens (including phenoxy) is 1. The fourth-order valence-corrected chi connectivity index (χ4v) is 2.70. The fourth-order valence-electron chi connectivity index (χ4n) is 2.70. The second-order valence-corrected chi connectivity index (χ2v) is 6.33. The molecule has 4 rings (SSSR count). The molecule has 130 valence electrons. The molecular formula is C20H18N4O2. The molecule has 0 aliphatic heterocycles. The molecule has 3 heterocycles. The summed E-state index contributed by atoms with van der Waals surface area (Å²) in [4.78, 5) is 13.3. The van der Waals surface area contributed by atoms with Gasteiger partial charge in [0.05, 0.1) is 11.6 Å². The summed E-state index contributed by atoms with van der Waals surface area (Å²) in [5.41, 5.74) is 3.25. The summed E-state index contributed by atoms with van der Waals surface area (Å²) in [6.45, 7) is 5.93. The molecular weight excluding hydrogens is 328 g/mol. The van der Waals surface area contributed by atoms with Crippen LogP contribution in [-0.4, -0.2) is 26.2 Å². The minimum Gasteiger partial charge on any atom is -0.491 e. The van der Waals surface area contributed by atoms with Crippen LogP contribution in [0.3, 0.4) is 0 Å². The molecule has 0 saturated heterocycles. The Morgan fingerprint density at radius 2 is 1.88 bits per heavy atom. The molecule has 26 heavy (non-hydrogen) atoms. The number of aromatic nitrogens is 4. The lowest BCUT2D eigenvalue weighted by atomic mass is 10.2. The van der Waals surface area contributed by atoms with Crippen molar-refractivity contribution in [2.45, 2.75) is 26.9 Å². The van der Waals surface area contributed by atoms with E-state index in [0.29, 0.717) is 17.4 Å². The number of pyridine rings is 2. The molecule has 0 amide bonds. The van der Waals surface area contributed by atoms with Crippen LogP contribution in [0.4, 0.5) is 0 Å². The minimum atomic E-state index is 0.134. The van der Waals surface area contributed by atoms with Crippen LogP contribution in [0.15, 0.2) is 53.2 Å². The second-order valence-electron chi connectivity index (χ2n) is 6.33. The van der Waals surface area contributed by atoms with E-state index in [0.717, 1.165) is 27.9 Å². The molecule has 0 atom stereocenters. The number of hydrogen-bond donors (Lipinski definition) is 0. The van der Waals surface area contributed by atoms with Crippen molar-refractivity contribution in [2.24, 2.45) is 0 Å². The first kappa shape index (κ1) is 16.2. The molecule has 6 nitrogen and oxygen atoms in total. The Labute approximate surface area is 150 Å². The number of fused-ring (bicyclic) bond motifs is 1. The van der Waals surface area contributed by atoms with Gasteiger partial charge in [0.15, 0.2) is 0 Å². The normalized spacial score (nSPS) is 11.2. The lowest BCUT2D eigenvalue weighted by Crippen LogP contribution is -2.05. The van der Waals surface area contributed by atoms with E-state index in [9.17, 15) is 0 Å². The Bertz CT molecular complexity index is 1070. The summed E-state index contributed by atoms with van der Waals surface area (Å²) >= 11 is 0. The van der Waals surface area contributed by atoms with Crippen LogP contribution in [0.2, 0.25) is 0 Å². The Hall–Kier alpha value is -3.28. The van der Waals surface area contributed by atoms with Crippen molar-refractivity contribution in [1.29, 1.82) is 0 Å². The first-order valence-corrected chi connectivity index (χ1v) is 8.43. The van der Waals surface area contributed by atoms with Gasteiger partial charge in [0, 0.05) is 22.8 Å². The summed E-state index contributed by atoms with van der Waals surface area (Å²) in [7, 11) is 0. The molecule has 0 aliphatic rings. The smallest absolute Gasteiger partial charge is 0.258 e. The highest BCUT2D eigenvalue weighted by Gasteiger charge is 2.13. The van der Waals surface area contributed by atoms with Crippen LogP contribution in [0, 0.1) is 6.92 Å². The summed E-state index contributed by atoms with van der Waals surface area (Å²) in [5, 5.41) is 5.06.